The third-order valence-corrected chi connectivity index (χ3v) is 3.11. The minimum Gasteiger partial charge on any atom is -0.462 e. The van der Waals surface area contributed by atoms with Crippen LogP contribution in [0.5, 0.6) is 0 Å². The Bertz CT molecular complexity index is 247. The van der Waals surface area contributed by atoms with Crippen molar-refractivity contribution in [2.45, 2.75) is 31.8 Å². The van der Waals surface area contributed by atoms with Gasteiger partial charge in [-0.15, -0.1) is 0 Å². The first kappa shape index (κ1) is 9.71. The van der Waals surface area contributed by atoms with E-state index in [1.165, 1.54) is 6.42 Å². The zero-order valence-corrected chi connectivity index (χ0v) is 8.19. The van der Waals surface area contributed by atoms with Crippen molar-refractivity contribution in [1.29, 1.82) is 0 Å². The van der Waals surface area contributed by atoms with E-state index >= 15 is 0 Å². The first-order valence-electron chi connectivity index (χ1n) is 5.28. The average molecular weight is 196 g/mol. The van der Waals surface area contributed by atoms with E-state index in [2.05, 4.69) is 12.2 Å². The molecule has 78 valence electrons. The van der Waals surface area contributed by atoms with Crippen LogP contribution in [0.4, 0.5) is 0 Å². The highest BCUT2D eigenvalue weighted by molar-refractivity contribution is 5.69. The number of carbonyl (C=O) groups excluding carboxylic acids is 1. The lowest BCUT2D eigenvalue weighted by atomic mass is 9.74. The van der Waals surface area contributed by atoms with Crippen molar-refractivity contribution in [3.63, 3.8) is 0 Å². The first-order chi connectivity index (χ1) is 6.79. The molecule has 1 fully saturated rings. The van der Waals surface area contributed by atoms with Crippen LogP contribution in [-0.2, 0) is 9.53 Å². The monoisotopic (exact) mass is 196 g/mol. The van der Waals surface area contributed by atoms with Crippen LogP contribution >= 0.6 is 0 Å². The third-order valence-electron chi connectivity index (χ3n) is 3.11. The Kier molecular flexibility index (Phi) is 2.87. The molecule has 0 radical (unpaired) electrons. The standard InChI is InChI=1S/C11H16O3/c12-6-5-11(13)14-10-7-8-1-3-9(10)4-2-8/h1,3,8-10,12H,2,4-7H2. The summed E-state index contributed by atoms with van der Waals surface area (Å²) >= 11 is 0. The van der Waals surface area contributed by atoms with Gasteiger partial charge in [0.15, 0.2) is 0 Å². The highest BCUT2D eigenvalue weighted by Crippen LogP contribution is 2.37. The molecule has 14 heavy (non-hydrogen) atoms. The van der Waals surface area contributed by atoms with Gasteiger partial charge in [0.25, 0.3) is 0 Å². The quantitative estimate of drug-likeness (QED) is 0.546. The maximum atomic E-state index is 11.2. The number of esters is 1. The summed E-state index contributed by atoms with van der Waals surface area (Å²) in [6, 6.07) is 0. The van der Waals surface area contributed by atoms with Crippen molar-refractivity contribution in [2.75, 3.05) is 6.61 Å². The van der Waals surface area contributed by atoms with Crippen LogP contribution < -0.4 is 0 Å². The largest absolute Gasteiger partial charge is 0.462 e. The molecule has 1 saturated carbocycles. The number of fused-ring (bicyclic) bond motifs is 2. The number of aliphatic hydroxyl groups is 1. The number of hydrogen-bond donors (Lipinski definition) is 1. The van der Waals surface area contributed by atoms with Crippen LogP contribution in [0, 0.1) is 11.8 Å². The normalized spacial score (nSPS) is 34.5. The molecule has 0 aliphatic heterocycles. The van der Waals surface area contributed by atoms with Crippen molar-refractivity contribution < 1.29 is 14.6 Å². The molecule has 1 N–H and O–H groups in total. The van der Waals surface area contributed by atoms with Crippen molar-refractivity contribution in [3.8, 4) is 0 Å². The Labute approximate surface area is 83.8 Å². The van der Waals surface area contributed by atoms with Gasteiger partial charge in [-0.2, -0.15) is 0 Å². The molecular weight excluding hydrogens is 180 g/mol. The Morgan fingerprint density at radius 1 is 1.43 bits per heavy atom. The Morgan fingerprint density at radius 2 is 2.29 bits per heavy atom. The molecule has 0 saturated heterocycles. The van der Waals surface area contributed by atoms with Crippen LogP contribution in [0.3, 0.4) is 0 Å². The molecule has 0 aromatic carbocycles. The maximum absolute atomic E-state index is 11.2. The SMILES string of the molecule is O=C(CCO)OC1CC2C=CC1CC2. The van der Waals surface area contributed by atoms with Gasteiger partial charge in [0, 0.05) is 5.92 Å². The number of rotatable bonds is 3. The molecular formula is C11H16O3. The fraction of sp³-hybridized carbons (Fsp3) is 0.727. The summed E-state index contributed by atoms with van der Waals surface area (Å²) in [5.41, 5.74) is 0. The minimum atomic E-state index is -0.265. The summed E-state index contributed by atoms with van der Waals surface area (Å²) in [5.74, 6) is 0.757. The Morgan fingerprint density at radius 3 is 2.79 bits per heavy atom. The highest BCUT2D eigenvalue weighted by Gasteiger charge is 2.34. The van der Waals surface area contributed by atoms with Crippen molar-refractivity contribution >= 4 is 5.97 Å². The third kappa shape index (κ3) is 1.98. The molecule has 0 amide bonds. The van der Waals surface area contributed by atoms with E-state index in [0.717, 1.165) is 12.8 Å². The van der Waals surface area contributed by atoms with Gasteiger partial charge in [-0.3, -0.25) is 4.79 Å². The Balaban J connectivity index is 1.88. The van der Waals surface area contributed by atoms with Crippen LogP contribution in [0.25, 0.3) is 0 Å². The van der Waals surface area contributed by atoms with Crippen LogP contribution in [0.1, 0.15) is 25.7 Å². The zero-order chi connectivity index (χ0) is 9.97. The molecule has 2 bridgehead atoms. The maximum Gasteiger partial charge on any atom is 0.308 e. The highest BCUT2D eigenvalue weighted by atomic mass is 16.5. The molecule has 0 aromatic heterocycles. The number of allylic oxidation sites excluding steroid dienone is 1. The summed E-state index contributed by atoms with van der Waals surface area (Å²) < 4.78 is 5.32. The lowest BCUT2D eigenvalue weighted by molar-refractivity contribution is -0.154. The van der Waals surface area contributed by atoms with Gasteiger partial charge in [-0.05, 0) is 25.2 Å². The topological polar surface area (TPSA) is 46.5 Å². The van der Waals surface area contributed by atoms with E-state index in [9.17, 15) is 4.79 Å². The van der Waals surface area contributed by atoms with Gasteiger partial charge >= 0.3 is 5.97 Å². The van der Waals surface area contributed by atoms with Crippen LogP contribution in [-0.4, -0.2) is 23.8 Å². The predicted octanol–water partition coefficient (Wildman–Crippen LogP) is 1.27. The molecule has 3 nitrogen and oxygen atoms in total. The van der Waals surface area contributed by atoms with Crippen LogP contribution in [0.2, 0.25) is 0 Å². The number of carbonyl (C=O) groups is 1. The molecule has 3 aliphatic rings. The van der Waals surface area contributed by atoms with E-state index in [4.69, 9.17) is 9.84 Å². The molecule has 3 unspecified atom stereocenters. The summed E-state index contributed by atoms with van der Waals surface area (Å²) in [5, 5.41) is 8.58. The smallest absolute Gasteiger partial charge is 0.308 e. The summed E-state index contributed by atoms with van der Waals surface area (Å²) in [6.45, 7) is -0.116. The van der Waals surface area contributed by atoms with Gasteiger partial charge in [0.1, 0.15) is 6.10 Å². The van der Waals surface area contributed by atoms with E-state index < -0.39 is 0 Å². The molecule has 3 aliphatic carbocycles. The van der Waals surface area contributed by atoms with Gasteiger partial charge in [-0.1, -0.05) is 12.2 Å². The van der Waals surface area contributed by atoms with Crippen molar-refractivity contribution in [3.05, 3.63) is 12.2 Å². The molecule has 0 spiro atoms. The zero-order valence-electron chi connectivity index (χ0n) is 8.19. The second kappa shape index (κ2) is 4.13. The lowest BCUT2D eigenvalue weighted by Crippen LogP contribution is -2.35. The van der Waals surface area contributed by atoms with Crippen molar-refractivity contribution in [2.24, 2.45) is 11.8 Å². The number of ether oxygens (including phenoxy) is 1. The molecule has 0 aromatic rings. The predicted molar refractivity (Wildman–Crippen MR) is 51.6 cm³/mol. The fourth-order valence-electron chi connectivity index (χ4n) is 2.33. The second-order valence-electron chi connectivity index (χ2n) is 4.12. The Hall–Kier alpha value is -0.830. The average Bonchev–Trinajstić information content (AvgIpc) is 2.19. The first-order valence-corrected chi connectivity index (χ1v) is 5.28. The van der Waals surface area contributed by atoms with Gasteiger partial charge < -0.3 is 9.84 Å². The lowest BCUT2D eigenvalue weighted by Gasteiger charge is -2.37. The molecule has 3 heteroatoms. The molecule has 0 heterocycles. The fourth-order valence-corrected chi connectivity index (χ4v) is 2.33. The van der Waals surface area contributed by atoms with Crippen LogP contribution in [0.15, 0.2) is 12.2 Å². The molecule has 3 rings (SSSR count). The van der Waals surface area contributed by atoms with Crippen molar-refractivity contribution in [1.82, 2.24) is 0 Å². The van der Waals surface area contributed by atoms with Gasteiger partial charge in [0.2, 0.25) is 0 Å². The molecule has 3 atom stereocenters. The van der Waals surface area contributed by atoms with E-state index in [-0.39, 0.29) is 25.1 Å². The second-order valence-corrected chi connectivity index (χ2v) is 4.12. The van der Waals surface area contributed by atoms with E-state index in [1.54, 1.807) is 0 Å². The summed E-state index contributed by atoms with van der Waals surface area (Å²) in [4.78, 5) is 11.2. The number of aliphatic hydroxyl groups excluding tert-OH is 1. The van der Waals surface area contributed by atoms with Gasteiger partial charge in [-0.25, -0.2) is 0 Å². The minimum absolute atomic E-state index is 0.0674. The number of hydrogen-bond acceptors (Lipinski definition) is 3. The summed E-state index contributed by atoms with van der Waals surface area (Å²) in [7, 11) is 0. The van der Waals surface area contributed by atoms with E-state index in [1.807, 2.05) is 0 Å². The van der Waals surface area contributed by atoms with Gasteiger partial charge in [0.05, 0.1) is 13.0 Å². The summed E-state index contributed by atoms with van der Waals surface area (Å²) in [6.07, 6.45) is 7.94. The van der Waals surface area contributed by atoms with E-state index in [0.29, 0.717) is 11.8 Å².